The molecule has 0 saturated carbocycles. The molecule has 0 amide bonds. The maximum Gasteiger partial charge on any atom is 0.419 e. The molecule has 0 unspecified atom stereocenters. The molecule has 0 aliphatic heterocycles. The third-order valence-corrected chi connectivity index (χ3v) is 6.11. The molecule has 0 aliphatic carbocycles. The van der Waals surface area contributed by atoms with Crippen molar-refractivity contribution < 1.29 is 27.5 Å². The lowest BCUT2D eigenvalue weighted by Crippen LogP contribution is -2.29. The van der Waals surface area contributed by atoms with Crippen molar-refractivity contribution >= 4 is 32.9 Å². The Bertz CT molecular complexity index is 1370. The average Bonchev–Trinajstić information content (AvgIpc) is 3.18. The Kier molecular flexibility index (Phi) is 7.17. The molecule has 0 N–H and O–H groups in total. The SMILES string of the molecule is CCOC(=O)c1c(-c2ccc(CS(C)(=O)=O)cc2)c2nn(C)c(C(C)C)c2n1C(=O)OC(C)(C)C. The highest BCUT2D eigenvalue weighted by atomic mass is 32.2. The second-order valence-corrected chi connectivity index (χ2v) is 12.0. The molecule has 2 aromatic heterocycles. The number of hydrogen-bond donors (Lipinski definition) is 0. The quantitative estimate of drug-likeness (QED) is 0.450. The molecular weight excluding hydrogens is 470 g/mol. The number of hydrogen-bond acceptors (Lipinski definition) is 7. The van der Waals surface area contributed by atoms with Crippen LogP contribution in [0.4, 0.5) is 4.79 Å². The first-order valence-corrected chi connectivity index (χ1v) is 13.5. The van der Waals surface area contributed by atoms with E-state index in [2.05, 4.69) is 5.10 Å². The molecule has 0 bridgehead atoms. The van der Waals surface area contributed by atoms with Gasteiger partial charge in [0.05, 0.1) is 18.1 Å². The Morgan fingerprint density at radius 3 is 2.20 bits per heavy atom. The number of nitrogens with zero attached hydrogens (tertiary/aromatic N) is 3. The Labute approximate surface area is 205 Å². The third kappa shape index (κ3) is 5.58. The van der Waals surface area contributed by atoms with Gasteiger partial charge in [0.1, 0.15) is 22.3 Å². The van der Waals surface area contributed by atoms with E-state index in [0.717, 1.165) is 5.69 Å². The fourth-order valence-electron chi connectivity index (χ4n) is 4.12. The molecule has 35 heavy (non-hydrogen) atoms. The summed E-state index contributed by atoms with van der Waals surface area (Å²) in [5, 5.41) is 4.68. The Hall–Kier alpha value is -3.14. The minimum Gasteiger partial charge on any atom is -0.461 e. The Morgan fingerprint density at radius 1 is 1.11 bits per heavy atom. The van der Waals surface area contributed by atoms with Crippen molar-refractivity contribution in [1.29, 1.82) is 0 Å². The molecule has 0 saturated heterocycles. The first kappa shape index (κ1) is 26.5. The van der Waals surface area contributed by atoms with Gasteiger partial charge >= 0.3 is 12.1 Å². The lowest BCUT2D eigenvalue weighted by atomic mass is 10.0. The molecule has 3 rings (SSSR count). The largest absolute Gasteiger partial charge is 0.461 e. The zero-order valence-electron chi connectivity index (χ0n) is 21.5. The van der Waals surface area contributed by atoms with Gasteiger partial charge in [-0.3, -0.25) is 4.68 Å². The van der Waals surface area contributed by atoms with Crippen LogP contribution >= 0.6 is 0 Å². The number of rotatable bonds is 6. The van der Waals surface area contributed by atoms with Crippen LogP contribution in [0.5, 0.6) is 0 Å². The number of aromatic nitrogens is 3. The molecule has 0 radical (unpaired) electrons. The maximum absolute atomic E-state index is 13.5. The Balaban J connectivity index is 2.39. The standard InChI is InChI=1S/C25H33N3O6S/c1-9-33-23(29)21-18(17-12-10-16(11-13-17)14-35(8,31)32)19-22(20(15(2)3)27(7)26-19)28(21)24(30)34-25(4,5)6/h10-13,15H,9,14H2,1-8H3. The fraction of sp³-hybridized carbons (Fsp3) is 0.480. The van der Waals surface area contributed by atoms with Gasteiger partial charge < -0.3 is 9.47 Å². The summed E-state index contributed by atoms with van der Waals surface area (Å²) in [5.74, 6) is -0.794. The van der Waals surface area contributed by atoms with Crippen LogP contribution in [0.3, 0.4) is 0 Å². The summed E-state index contributed by atoms with van der Waals surface area (Å²) in [5.41, 5.74) is 2.57. The maximum atomic E-state index is 13.5. The van der Waals surface area contributed by atoms with Crippen LogP contribution in [-0.4, -0.2) is 53.3 Å². The van der Waals surface area contributed by atoms with E-state index in [-0.39, 0.29) is 24.0 Å². The second-order valence-electron chi connectivity index (χ2n) is 9.89. The van der Waals surface area contributed by atoms with Gasteiger partial charge in [-0.25, -0.2) is 22.6 Å². The van der Waals surface area contributed by atoms with Crippen LogP contribution in [0.2, 0.25) is 0 Å². The lowest BCUT2D eigenvalue weighted by Gasteiger charge is -2.21. The van der Waals surface area contributed by atoms with E-state index in [9.17, 15) is 18.0 Å². The number of benzene rings is 1. The van der Waals surface area contributed by atoms with E-state index in [1.807, 2.05) is 13.8 Å². The summed E-state index contributed by atoms with van der Waals surface area (Å²) >= 11 is 0. The molecule has 0 aliphatic rings. The number of ether oxygens (including phenoxy) is 2. The van der Waals surface area contributed by atoms with Crippen molar-refractivity contribution in [2.45, 2.75) is 58.8 Å². The van der Waals surface area contributed by atoms with Crippen molar-refractivity contribution in [3.8, 4) is 11.1 Å². The van der Waals surface area contributed by atoms with Gasteiger partial charge in [-0.05, 0) is 44.7 Å². The predicted octanol–water partition coefficient (Wildman–Crippen LogP) is 4.67. The van der Waals surface area contributed by atoms with E-state index in [0.29, 0.717) is 27.7 Å². The van der Waals surface area contributed by atoms with Crippen molar-refractivity contribution in [3.63, 3.8) is 0 Å². The predicted molar refractivity (Wildman–Crippen MR) is 134 cm³/mol. The molecular formula is C25H33N3O6S. The van der Waals surface area contributed by atoms with Crippen molar-refractivity contribution in [3.05, 3.63) is 41.2 Å². The number of sulfone groups is 1. The Morgan fingerprint density at radius 2 is 1.71 bits per heavy atom. The molecule has 3 aromatic rings. The van der Waals surface area contributed by atoms with Crippen molar-refractivity contribution in [2.75, 3.05) is 12.9 Å². The molecule has 10 heteroatoms. The minimum absolute atomic E-state index is 0.0129. The van der Waals surface area contributed by atoms with Crippen LogP contribution in [0, 0.1) is 0 Å². The van der Waals surface area contributed by atoms with Gasteiger partial charge in [-0.1, -0.05) is 38.1 Å². The molecule has 9 nitrogen and oxygen atoms in total. The van der Waals surface area contributed by atoms with Gasteiger partial charge in [0.2, 0.25) is 0 Å². The topological polar surface area (TPSA) is 109 Å². The number of aryl methyl sites for hydroxylation is 1. The first-order valence-electron chi connectivity index (χ1n) is 11.4. The van der Waals surface area contributed by atoms with Crippen LogP contribution in [0.25, 0.3) is 22.2 Å². The number of carbonyl (C=O) groups excluding carboxylic acids is 2. The highest BCUT2D eigenvalue weighted by molar-refractivity contribution is 7.89. The highest BCUT2D eigenvalue weighted by Crippen LogP contribution is 2.39. The van der Waals surface area contributed by atoms with Gasteiger partial charge in [0.15, 0.2) is 9.84 Å². The minimum atomic E-state index is -3.21. The molecule has 190 valence electrons. The van der Waals surface area contributed by atoms with E-state index in [1.54, 1.807) is 63.7 Å². The average molecular weight is 504 g/mol. The summed E-state index contributed by atoms with van der Waals surface area (Å²) in [6.45, 7) is 11.0. The summed E-state index contributed by atoms with van der Waals surface area (Å²) < 4.78 is 37.4. The number of fused-ring (bicyclic) bond motifs is 1. The van der Waals surface area contributed by atoms with E-state index in [1.165, 1.54) is 10.8 Å². The molecule has 2 heterocycles. The van der Waals surface area contributed by atoms with Crippen molar-refractivity contribution in [2.24, 2.45) is 7.05 Å². The first-order chi connectivity index (χ1) is 16.1. The summed E-state index contributed by atoms with van der Waals surface area (Å²) in [4.78, 5) is 26.7. The van der Waals surface area contributed by atoms with E-state index in [4.69, 9.17) is 9.47 Å². The van der Waals surface area contributed by atoms with Crippen LogP contribution in [-0.2, 0) is 32.1 Å². The second kappa shape index (κ2) is 9.49. The smallest absolute Gasteiger partial charge is 0.419 e. The normalized spacial score (nSPS) is 12.4. The van der Waals surface area contributed by atoms with Crippen molar-refractivity contribution in [1.82, 2.24) is 14.3 Å². The van der Waals surface area contributed by atoms with E-state index >= 15 is 0 Å². The zero-order chi connectivity index (χ0) is 26.3. The summed E-state index contributed by atoms with van der Waals surface area (Å²) in [6, 6.07) is 6.82. The van der Waals surface area contributed by atoms with E-state index < -0.39 is 27.5 Å². The fourth-order valence-corrected chi connectivity index (χ4v) is 4.92. The van der Waals surface area contributed by atoms with Crippen LogP contribution < -0.4 is 0 Å². The third-order valence-electron chi connectivity index (χ3n) is 5.25. The molecule has 1 aromatic carbocycles. The summed E-state index contributed by atoms with van der Waals surface area (Å²) in [6.07, 6.45) is 0.464. The summed E-state index contributed by atoms with van der Waals surface area (Å²) in [7, 11) is -1.42. The highest BCUT2D eigenvalue weighted by Gasteiger charge is 2.35. The number of esters is 1. The monoisotopic (exact) mass is 503 g/mol. The lowest BCUT2D eigenvalue weighted by molar-refractivity contribution is 0.0454. The molecule has 0 fully saturated rings. The number of carbonyl (C=O) groups is 2. The van der Waals surface area contributed by atoms with Gasteiger partial charge in [-0.15, -0.1) is 0 Å². The van der Waals surface area contributed by atoms with Crippen LogP contribution in [0.1, 0.15) is 69.2 Å². The van der Waals surface area contributed by atoms with Gasteiger partial charge in [0, 0.05) is 18.9 Å². The van der Waals surface area contributed by atoms with Gasteiger partial charge in [-0.2, -0.15) is 5.10 Å². The van der Waals surface area contributed by atoms with Crippen LogP contribution in [0.15, 0.2) is 24.3 Å². The van der Waals surface area contributed by atoms with Gasteiger partial charge in [0.25, 0.3) is 0 Å². The molecule has 0 atom stereocenters. The zero-order valence-corrected chi connectivity index (χ0v) is 22.3. The molecule has 0 spiro atoms.